The molecule has 1 atom stereocenters. The van der Waals surface area contributed by atoms with Gasteiger partial charge in [-0.25, -0.2) is 21.8 Å². The van der Waals surface area contributed by atoms with E-state index in [2.05, 4.69) is 4.98 Å². The second kappa shape index (κ2) is 9.08. The van der Waals surface area contributed by atoms with E-state index in [1.165, 1.54) is 4.31 Å². The molecule has 2 saturated heterocycles. The van der Waals surface area contributed by atoms with Crippen LogP contribution >= 0.6 is 0 Å². The Hall–Kier alpha value is -2.02. The molecule has 2 aliphatic rings. The molecule has 0 spiro atoms. The first-order valence-electron chi connectivity index (χ1n) is 10.7. The zero-order chi connectivity index (χ0) is 22.9. The number of aryl methyl sites for hydroxylation is 1. The maximum atomic E-state index is 13.0. The number of esters is 1. The van der Waals surface area contributed by atoms with Crippen molar-refractivity contribution in [1.29, 1.82) is 0 Å². The van der Waals surface area contributed by atoms with Crippen LogP contribution in [0, 0.1) is 5.92 Å². The van der Waals surface area contributed by atoms with Gasteiger partial charge >= 0.3 is 5.97 Å². The third-order valence-electron chi connectivity index (χ3n) is 5.76. The standard InChI is InChI=1S/C20H27N3O7S2/c1-2-6-23-18-4-3-16(32(27,28)22-7-9-29-10-8-22)12-17(18)21-19(23)13-30-20(24)15-5-11-31(25,26)14-15/h3-4,12,15H,2,5-11,13-14H2,1H3. The second-order valence-corrected chi connectivity index (χ2v) is 12.2. The summed E-state index contributed by atoms with van der Waals surface area (Å²) in [6.07, 6.45) is 1.08. The Morgan fingerprint density at radius 2 is 2.03 bits per heavy atom. The number of hydrogen-bond donors (Lipinski definition) is 0. The normalized spacial score (nSPS) is 21.7. The lowest BCUT2D eigenvalue weighted by Crippen LogP contribution is -2.40. The van der Waals surface area contributed by atoms with Gasteiger partial charge in [-0.15, -0.1) is 0 Å². The van der Waals surface area contributed by atoms with E-state index in [0.717, 1.165) is 11.9 Å². The highest BCUT2D eigenvalue weighted by molar-refractivity contribution is 7.91. The molecule has 12 heteroatoms. The summed E-state index contributed by atoms with van der Waals surface area (Å²) in [7, 11) is -6.83. The fraction of sp³-hybridized carbons (Fsp3) is 0.600. The quantitative estimate of drug-likeness (QED) is 0.531. The van der Waals surface area contributed by atoms with E-state index in [1.807, 2.05) is 11.5 Å². The van der Waals surface area contributed by atoms with E-state index in [-0.39, 0.29) is 29.4 Å². The van der Waals surface area contributed by atoms with Gasteiger partial charge in [-0.1, -0.05) is 6.92 Å². The van der Waals surface area contributed by atoms with Crippen LogP contribution in [0.2, 0.25) is 0 Å². The lowest BCUT2D eigenvalue weighted by molar-refractivity contribution is -0.149. The molecule has 3 heterocycles. The minimum absolute atomic E-state index is 0.00150. The molecule has 2 aromatic rings. The molecule has 32 heavy (non-hydrogen) atoms. The molecule has 0 amide bonds. The van der Waals surface area contributed by atoms with Gasteiger partial charge in [0.15, 0.2) is 9.84 Å². The van der Waals surface area contributed by atoms with Crippen LogP contribution in [0.15, 0.2) is 23.1 Å². The fourth-order valence-electron chi connectivity index (χ4n) is 4.07. The van der Waals surface area contributed by atoms with Crippen molar-refractivity contribution >= 4 is 36.9 Å². The molecule has 0 bridgehead atoms. The van der Waals surface area contributed by atoms with Crippen molar-refractivity contribution in [2.24, 2.45) is 5.92 Å². The summed E-state index contributed by atoms with van der Waals surface area (Å²) in [5.41, 5.74) is 1.25. The maximum absolute atomic E-state index is 13.0. The average Bonchev–Trinajstić information content (AvgIpc) is 3.32. The Balaban J connectivity index is 1.57. The van der Waals surface area contributed by atoms with Crippen LogP contribution in [0.4, 0.5) is 0 Å². The lowest BCUT2D eigenvalue weighted by Gasteiger charge is -2.26. The highest BCUT2D eigenvalue weighted by Crippen LogP contribution is 2.25. The summed E-state index contributed by atoms with van der Waals surface area (Å²) >= 11 is 0. The van der Waals surface area contributed by atoms with Gasteiger partial charge in [-0.2, -0.15) is 4.31 Å². The Kier molecular flexibility index (Phi) is 6.57. The third kappa shape index (κ3) is 4.68. The number of carbonyl (C=O) groups excluding carboxylic acids is 1. The maximum Gasteiger partial charge on any atom is 0.310 e. The van der Waals surface area contributed by atoms with Crippen LogP contribution in [0.5, 0.6) is 0 Å². The number of aromatic nitrogens is 2. The topological polar surface area (TPSA) is 125 Å². The van der Waals surface area contributed by atoms with Crippen LogP contribution in [0.25, 0.3) is 11.0 Å². The molecule has 0 saturated carbocycles. The van der Waals surface area contributed by atoms with E-state index in [0.29, 0.717) is 44.2 Å². The highest BCUT2D eigenvalue weighted by atomic mass is 32.2. The number of benzene rings is 1. The number of ether oxygens (including phenoxy) is 2. The molecule has 0 radical (unpaired) electrons. The summed E-state index contributed by atoms with van der Waals surface area (Å²) in [5, 5.41) is 0. The third-order valence-corrected chi connectivity index (χ3v) is 9.43. The lowest BCUT2D eigenvalue weighted by atomic mass is 10.1. The molecule has 0 N–H and O–H groups in total. The van der Waals surface area contributed by atoms with Crippen molar-refractivity contribution < 1.29 is 31.1 Å². The minimum Gasteiger partial charge on any atom is -0.457 e. The van der Waals surface area contributed by atoms with Crippen molar-refractivity contribution in [3.8, 4) is 0 Å². The van der Waals surface area contributed by atoms with E-state index >= 15 is 0 Å². The Labute approximate surface area is 187 Å². The number of imidazole rings is 1. The molecule has 4 rings (SSSR count). The first-order chi connectivity index (χ1) is 15.2. The van der Waals surface area contributed by atoms with E-state index < -0.39 is 31.7 Å². The number of hydrogen-bond acceptors (Lipinski definition) is 8. The summed E-state index contributed by atoms with van der Waals surface area (Å²) in [4.78, 5) is 17.0. The summed E-state index contributed by atoms with van der Waals surface area (Å²) in [6.45, 7) is 3.87. The largest absolute Gasteiger partial charge is 0.457 e. The van der Waals surface area contributed by atoms with Crippen molar-refractivity contribution in [1.82, 2.24) is 13.9 Å². The molecular weight excluding hydrogens is 458 g/mol. The zero-order valence-corrected chi connectivity index (χ0v) is 19.5. The number of fused-ring (bicyclic) bond motifs is 1. The van der Waals surface area contributed by atoms with Crippen LogP contribution in [0.3, 0.4) is 0 Å². The molecule has 176 valence electrons. The summed E-state index contributed by atoms with van der Waals surface area (Å²) < 4.78 is 63.1. The Morgan fingerprint density at radius 1 is 1.28 bits per heavy atom. The highest BCUT2D eigenvalue weighted by Gasteiger charge is 2.34. The molecule has 2 fully saturated rings. The van der Waals surface area contributed by atoms with Crippen molar-refractivity contribution in [3.63, 3.8) is 0 Å². The molecule has 1 aromatic heterocycles. The van der Waals surface area contributed by atoms with Gasteiger partial charge in [-0.3, -0.25) is 4.79 Å². The van der Waals surface area contributed by atoms with Gasteiger partial charge in [0, 0.05) is 19.6 Å². The monoisotopic (exact) mass is 485 g/mol. The zero-order valence-electron chi connectivity index (χ0n) is 17.9. The van der Waals surface area contributed by atoms with Crippen molar-refractivity contribution in [2.75, 3.05) is 37.8 Å². The van der Waals surface area contributed by atoms with Gasteiger partial charge in [0.25, 0.3) is 0 Å². The minimum atomic E-state index is -3.66. The summed E-state index contributed by atoms with van der Waals surface area (Å²) in [6, 6.07) is 4.83. The van der Waals surface area contributed by atoms with Crippen molar-refractivity contribution in [3.05, 3.63) is 24.0 Å². The molecule has 1 aromatic carbocycles. The number of sulfone groups is 1. The number of nitrogens with zero attached hydrogens (tertiary/aromatic N) is 3. The van der Waals surface area contributed by atoms with Gasteiger partial charge in [0.05, 0.1) is 46.6 Å². The Bertz CT molecular complexity index is 1220. The average molecular weight is 486 g/mol. The molecule has 0 aliphatic carbocycles. The van der Waals surface area contributed by atoms with E-state index in [9.17, 15) is 21.6 Å². The number of carbonyl (C=O) groups is 1. The smallest absolute Gasteiger partial charge is 0.310 e. The first kappa shape index (κ1) is 23.1. The van der Waals surface area contributed by atoms with Gasteiger partial charge in [-0.05, 0) is 31.0 Å². The van der Waals surface area contributed by atoms with Gasteiger partial charge in [0.2, 0.25) is 10.0 Å². The second-order valence-electron chi connectivity index (χ2n) is 8.05. The first-order valence-corrected chi connectivity index (χ1v) is 13.9. The molecule has 1 unspecified atom stereocenters. The molecule has 2 aliphatic heterocycles. The Morgan fingerprint density at radius 3 is 2.69 bits per heavy atom. The van der Waals surface area contributed by atoms with Crippen LogP contribution < -0.4 is 0 Å². The van der Waals surface area contributed by atoms with Crippen LogP contribution in [0.1, 0.15) is 25.6 Å². The van der Waals surface area contributed by atoms with Crippen LogP contribution in [-0.2, 0) is 47.3 Å². The van der Waals surface area contributed by atoms with Gasteiger partial charge in [0.1, 0.15) is 12.4 Å². The number of sulfonamides is 1. The predicted molar refractivity (Wildman–Crippen MR) is 116 cm³/mol. The molecular formula is C20H27N3O7S2. The van der Waals surface area contributed by atoms with E-state index in [4.69, 9.17) is 9.47 Å². The van der Waals surface area contributed by atoms with Crippen molar-refractivity contribution in [2.45, 2.75) is 37.8 Å². The van der Waals surface area contributed by atoms with Crippen LogP contribution in [-0.4, -0.2) is 74.5 Å². The number of rotatable bonds is 7. The molecule has 10 nitrogen and oxygen atoms in total. The summed E-state index contributed by atoms with van der Waals surface area (Å²) in [5.74, 6) is -0.871. The SMILES string of the molecule is CCCn1c(COC(=O)C2CCS(=O)(=O)C2)nc2cc(S(=O)(=O)N3CCOCC3)ccc21. The predicted octanol–water partition coefficient (Wildman–Crippen LogP) is 0.945. The van der Waals surface area contributed by atoms with E-state index in [1.54, 1.807) is 18.2 Å². The fourth-order valence-corrected chi connectivity index (χ4v) is 7.23. The van der Waals surface area contributed by atoms with Gasteiger partial charge < -0.3 is 14.0 Å². The number of morpholine rings is 1.